The summed E-state index contributed by atoms with van der Waals surface area (Å²) in [5.41, 5.74) is 2.75. The zero-order chi connectivity index (χ0) is 21.9. The molecule has 3 rings (SSSR count). The summed E-state index contributed by atoms with van der Waals surface area (Å²) in [4.78, 5) is 17.0. The van der Waals surface area contributed by atoms with Crippen molar-refractivity contribution >= 4 is 11.6 Å². The molecule has 0 fully saturated rings. The highest BCUT2D eigenvalue weighted by Crippen LogP contribution is 2.31. The molecule has 2 aliphatic carbocycles. The molecule has 1 heterocycles. The first kappa shape index (κ1) is 22.3. The van der Waals surface area contributed by atoms with E-state index >= 15 is 0 Å². The van der Waals surface area contributed by atoms with Crippen LogP contribution in [0.4, 0.5) is 13.2 Å². The van der Waals surface area contributed by atoms with Gasteiger partial charge < -0.3 is 19.8 Å². The second-order valence-electron chi connectivity index (χ2n) is 7.54. The molecule has 0 unspecified atom stereocenters. The second kappa shape index (κ2) is 9.18. The van der Waals surface area contributed by atoms with E-state index in [0.29, 0.717) is 31.4 Å². The minimum Gasteiger partial charge on any atom is -0.490 e. The number of halogens is 3. The van der Waals surface area contributed by atoms with Gasteiger partial charge >= 0.3 is 12.1 Å². The van der Waals surface area contributed by atoms with E-state index in [4.69, 9.17) is 9.73 Å². The standard InChI is InChI=1S/C21H25F3N2O4/c1-26(20(29)21(22,23)24)15-6-2-13(3-7-15)18-9-5-14-4-8-16(10-19(14)25-18)30-17(11-27)12-28/h2,4-5,8-9,15,17,19,27-28H,3,6-7,10-12H2,1H3/t15-,19-/m0/s1. The molecule has 0 radical (unpaired) electrons. The van der Waals surface area contributed by atoms with E-state index in [1.165, 1.54) is 7.05 Å². The van der Waals surface area contributed by atoms with Gasteiger partial charge in [-0.25, -0.2) is 0 Å². The van der Waals surface area contributed by atoms with Crippen molar-refractivity contribution in [1.29, 1.82) is 0 Å². The first-order chi connectivity index (χ1) is 14.2. The van der Waals surface area contributed by atoms with Crippen LogP contribution in [-0.4, -0.2) is 71.4 Å². The molecule has 0 saturated heterocycles. The summed E-state index contributed by atoms with van der Waals surface area (Å²) in [5.74, 6) is -1.19. The Bertz CT molecular complexity index is 823. The van der Waals surface area contributed by atoms with E-state index in [2.05, 4.69) is 0 Å². The van der Waals surface area contributed by atoms with Gasteiger partial charge in [0, 0.05) is 19.5 Å². The maximum Gasteiger partial charge on any atom is 0.471 e. The third-order valence-corrected chi connectivity index (χ3v) is 5.52. The fourth-order valence-electron chi connectivity index (χ4n) is 3.74. The van der Waals surface area contributed by atoms with Crippen LogP contribution in [0.25, 0.3) is 0 Å². The number of allylic oxidation sites excluding steroid dienone is 4. The molecule has 1 amide bonds. The van der Waals surface area contributed by atoms with Crippen molar-refractivity contribution in [3.63, 3.8) is 0 Å². The third kappa shape index (κ3) is 5.02. The number of dihydropyridines is 1. The lowest BCUT2D eigenvalue weighted by Crippen LogP contribution is -2.45. The summed E-state index contributed by atoms with van der Waals surface area (Å²) in [6.07, 6.45) is 5.66. The predicted octanol–water partition coefficient (Wildman–Crippen LogP) is 2.45. The molecule has 164 valence electrons. The van der Waals surface area contributed by atoms with Crippen LogP contribution in [0.3, 0.4) is 0 Å². The zero-order valence-corrected chi connectivity index (χ0v) is 16.6. The van der Waals surface area contributed by atoms with Crippen LogP contribution in [0.1, 0.15) is 25.7 Å². The van der Waals surface area contributed by atoms with Crippen LogP contribution in [0.15, 0.2) is 52.3 Å². The zero-order valence-electron chi connectivity index (χ0n) is 16.6. The van der Waals surface area contributed by atoms with E-state index in [0.717, 1.165) is 21.8 Å². The van der Waals surface area contributed by atoms with E-state index < -0.39 is 24.2 Å². The summed E-state index contributed by atoms with van der Waals surface area (Å²) in [7, 11) is 1.19. The lowest BCUT2D eigenvalue weighted by Gasteiger charge is -2.32. The van der Waals surface area contributed by atoms with E-state index in [1.54, 1.807) is 6.08 Å². The Morgan fingerprint density at radius 2 is 2.03 bits per heavy atom. The van der Waals surface area contributed by atoms with Crippen LogP contribution < -0.4 is 0 Å². The Hall–Kier alpha value is -2.39. The summed E-state index contributed by atoms with van der Waals surface area (Å²) >= 11 is 0. The highest BCUT2D eigenvalue weighted by Gasteiger charge is 2.43. The fraction of sp³-hybridized carbons (Fsp3) is 0.524. The SMILES string of the molecule is CN(C(=O)C(F)(F)F)[C@H]1CC=C(C2=N[C@H]3CC(OC(CO)CO)=CC=C3C=C2)CC1. The minimum atomic E-state index is -4.86. The van der Waals surface area contributed by atoms with Crippen molar-refractivity contribution in [3.8, 4) is 0 Å². The summed E-state index contributed by atoms with van der Waals surface area (Å²) in [6.45, 7) is -0.578. The molecular formula is C21H25F3N2O4. The maximum atomic E-state index is 12.7. The quantitative estimate of drug-likeness (QED) is 0.684. The predicted molar refractivity (Wildman–Crippen MR) is 105 cm³/mol. The van der Waals surface area contributed by atoms with Crippen LogP contribution in [-0.2, 0) is 9.53 Å². The van der Waals surface area contributed by atoms with Crippen molar-refractivity contribution in [1.82, 2.24) is 4.90 Å². The molecule has 2 N–H and O–H groups in total. The molecule has 0 saturated carbocycles. The minimum absolute atomic E-state index is 0.156. The number of hydrogen-bond acceptors (Lipinski definition) is 5. The van der Waals surface area contributed by atoms with Gasteiger partial charge in [0.15, 0.2) is 0 Å². The van der Waals surface area contributed by atoms with Gasteiger partial charge in [-0.15, -0.1) is 0 Å². The first-order valence-electron chi connectivity index (χ1n) is 9.81. The molecule has 0 aromatic carbocycles. The molecular weight excluding hydrogens is 401 g/mol. The van der Waals surface area contributed by atoms with Gasteiger partial charge in [-0.05, 0) is 42.6 Å². The number of carbonyl (C=O) groups excluding carboxylic acids is 1. The molecule has 9 heteroatoms. The summed E-state index contributed by atoms with van der Waals surface area (Å²) in [6, 6.07) is -0.644. The van der Waals surface area contributed by atoms with Gasteiger partial charge in [-0.3, -0.25) is 9.79 Å². The Balaban J connectivity index is 1.65. The van der Waals surface area contributed by atoms with Crippen molar-refractivity contribution in [2.24, 2.45) is 4.99 Å². The topological polar surface area (TPSA) is 82.4 Å². The average molecular weight is 426 g/mol. The number of amides is 1. The van der Waals surface area contributed by atoms with Gasteiger partial charge in [-0.2, -0.15) is 13.2 Å². The van der Waals surface area contributed by atoms with Crippen LogP contribution in [0, 0.1) is 0 Å². The summed E-state index contributed by atoms with van der Waals surface area (Å²) in [5, 5.41) is 18.4. The van der Waals surface area contributed by atoms with Crippen LogP contribution in [0.5, 0.6) is 0 Å². The van der Waals surface area contributed by atoms with Crippen molar-refractivity contribution in [2.45, 2.75) is 50.0 Å². The Labute approximate surface area is 172 Å². The number of aliphatic hydroxyl groups is 2. The van der Waals surface area contributed by atoms with E-state index in [9.17, 15) is 28.2 Å². The van der Waals surface area contributed by atoms with Gasteiger partial charge in [-0.1, -0.05) is 18.2 Å². The molecule has 1 aliphatic heterocycles. The van der Waals surface area contributed by atoms with Gasteiger partial charge in [0.25, 0.3) is 0 Å². The highest BCUT2D eigenvalue weighted by molar-refractivity contribution is 6.09. The molecule has 0 spiro atoms. The number of fused-ring (bicyclic) bond motifs is 1. The molecule has 2 atom stereocenters. The van der Waals surface area contributed by atoms with Gasteiger partial charge in [0.1, 0.15) is 6.10 Å². The maximum absolute atomic E-state index is 12.7. The normalized spacial score (nSPS) is 23.8. The number of nitrogens with zero attached hydrogens (tertiary/aromatic N) is 2. The third-order valence-electron chi connectivity index (χ3n) is 5.52. The number of aliphatic imine (C=N–C) groups is 1. The number of ether oxygens (including phenoxy) is 1. The van der Waals surface area contributed by atoms with Crippen molar-refractivity contribution in [3.05, 3.63) is 47.3 Å². The second-order valence-corrected chi connectivity index (χ2v) is 7.54. The number of alkyl halides is 3. The van der Waals surface area contributed by atoms with Crippen LogP contribution >= 0.6 is 0 Å². The number of carbonyl (C=O) groups is 1. The number of aliphatic hydroxyl groups excluding tert-OH is 2. The molecule has 6 nitrogen and oxygen atoms in total. The lowest BCUT2D eigenvalue weighted by atomic mass is 9.88. The number of hydrogen-bond donors (Lipinski definition) is 2. The molecule has 0 aromatic rings. The van der Waals surface area contributed by atoms with E-state index in [-0.39, 0.29) is 19.3 Å². The molecule has 0 aromatic heterocycles. The van der Waals surface area contributed by atoms with Gasteiger partial charge in [0.05, 0.1) is 30.7 Å². The highest BCUT2D eigenvalue weighted by atomic mass is 19.4. The monoisotopic (exact) mass is 426 g/mol. The smallest absolute Gasteiger partial charge is 0.471 e. The Morgan fingerprint density at radius 3 is 2.63 bits per heavy atom. The molecule has 30 heavy (non-hydrogen) atoms. The summed E-state index contributed by atoms with van der Waals surface area (Å²) < 4.78 is 43.5. The lowest BCUT2D eigenvalue weighted by molar-refractivity contribution is -0.186. The van der Waals surface area contributed by atoms with Crippen molar-refractivity contribution < 1.29 is 32.9 Å². The molecule has 0 bridgehead atoms. The largest absolute Gasteiger partial charge is 0.490 e. The number of rotatable bonds is 6. The first-order valence-corrected chi connectivity index (χ1v) is 9.81. The van der Waals surface area contributed by atoms with E-state index in [1.807, 2.05) is 24.3 Å². The van der Waals surface area contributed by atoms with Gasteiger partial charge in [0.2, 0.25) is 0 Å². The Kier molecular flexibility index (Phi) is 6.82. The van der Waals surface area contributed by atoms with Crippen LogP contribution in [0.2, 0.25) is 0 Å². The molecule has 3 aliphatic rings. The Morgan fingerprint density at radius 1 is 1.30 bits per heavy atom. The average Bonchev–Trinajstić information content (AvgIpc) is 2.75. The van der Waals surface area contributed by atoms with Crippen molar-refractivity contribution in [2.75, 3.05) is 20.3 Å². The fourth-order valence-corrected chi connectivity index (χ4v) is 3.74.